The molecule has 28 heavy (non-hydrogen) atoms. The Hall–Kier alpha value is -3.12. The van der Waals surface area contributed by atoms with Crippen molar-refractivity contribution >= 4 is 40.5 Å². The van der Waals surface area contributed by atoms with Crippen molar-refractivity contribution in [2.24, 2.45) is 0 Å². The molecule has 0 aliphatic rings. The van der Waals surface area contributed by atoms with E-state index < -0.39 is 5.97 Å². The van der Waals surface area contributed by atoms with Crippen LogP contribution in [-0.2, 0) is 9.53 Å². The molecule has 7 heteroatoms. The molecule has 2 aromatic carbocycles. The number of halogens is 1. The zero-order valence-electron chi connectivity index (χ0n) is 15.8. The van der Waals surface area contributed by atoms with Crippen molar-refractivity contribution in [2.75, 3.05) is 26.1 Å². The number of benzene rings is 2. The van der Waals surface area contributed by atoms with Gasteiger partial charge in [-0.25, -0.2) is 14.8 Å². The maximum atomic E-state index is 11.8. The molecule has 144 valence electrons. The topological polar surface area (TPSA) is 73.3 Å². The second-order valence-electron chi connectivity index (χ2n) is 5.85. The molecule has 0 bridgehead atoms. The molecule has 0 aliphatic heterocycles. The summed E-state index contributed by atoms with van der Waals surface area (Å²) < 4.78 is 10.6. The van der Waals surface area contributed by atoms with Crippen LogP contribution in [0.3, 0.4) is 0 Å². The highest BCUT2D eigenvalue weighted by atomic mass is 35.5. The molecule has 0 saturated heterocycles. The standard InChI is InChI=1S/C21H20ClN3O3/c1-4-28-18(26)9-8-14-11-16(13-6-5-7-15(22)10-13)17-12-24-21(23-2)25-19(17)20(14)27-3/h5-12H,4H2,1-3H3,(H,23,24,25)/b9-8+. The Kier molecular flexibility index (Phi) is 6.11. The minimum atomic E-state index is -0.424. The zero-order valence-corrected chi connectivity index (χ0v) is 16.6. The van der Waals surface area contributed by atoms with Gasteiger partial charge in [0.25, 0.3) is 0 Å². The second kappa shape index (κ2) is 8.71. The monoisotopic (exact) mass is 397 g/mol. The van der Waals surface area contributed by atoms with Crippen LogP contribution >= 0.6 is 11.6 Å². The first-order valence-electron chi connectivity index (χ1n) is 8.73. The van der Waals surface area contributed by atoms with E-state index in [9.17, 15) is 4.79 Å². The van der Waals surface area contributed by atoms with Gasteiger partial charge in [-0.2, -0.15) is 0 Å². The van der Waals surface area contributed by atoms with E-state index >= 15 is 0 Å². The molecule has 1 heterocycles. The number of methoxy groups -OCH3 is 1. The Bertz CT molecular complexity index is 1050. The number of anilines is 1. The van der Waals surface area contributed by atoms with Crippen molar-refractivity contribution in [1.82, 2.24) is 9.97 Å². The first-order valence-corrected chi connectivity index (χ1v) is 9.11. The van der Waals surface area contributed by atoms with Crippen LogP contribution < -0.4 is 10.1 Å². The molecule has 1 N–H and O–H groups in total. The van der Waals surface area contributed by atoms with Gasteiger partial charge in [0.1, 0.15) is 5.52 Å². The van der Waals surface area contributed by atoms with Gasteiger partial charge < -0.3 is 14.8 Å². The van der Waals surface area contributed by atoms with E-state index in [0.29, 0.717) is 34.4 Å². The highest BCUT2D eigenvalue weighted by molar-refractivity contribution is 6.31. The second-order valence-corrected chi connectivity index (χ2v) is 6.28. The van der Waals surface area contributed by atoms with Crippen molar-refractivity contribution < 1.29 is 14.3 Å². The van der Waals surface area contributed by atoms with E-state index in [1.807, 2.05) is 30.3 Å². The Morgan fingerprint density at radius 3 is 2.82 bits per heavy atom. The summed E-state index contributed by atoms with van der Waals surface area (Å²) in [6.45, 7) is 2.07. The molecule has 6 nitrogen and oxygen atoms in total. The molecule has 0 saturated carbocycles. The lowest BCUT2D eigenvalue weighted by Crippen LogP contribution is -2.01. The van der Waals surface area contributed by atoms with Crippen molar-refractivity contribution in [2.45, 2.75) is 6.92 Å². The summed E-state index contributed by atoms with van der Waals surface area (Å²) in [7, 11) is 3.31. The summed E-state index contributed by atoms with van der Waals surface area (Å²) in [5.74, 6) is 0.585. The van der Waals surface area contributed by atoms with Gasteiger partial charge in [-0.05, 0) is 42.3 Å². The van der Waals surface area contributed by atoms with Gasteiger partial charge in [0, 0.05) is 35.3 Å². The fourth-order valence-electron chi connectivity index (χ4n) is 2.89. The lowest BCUT2D eigenvalue weighted by atomic mass is 9.97. The predicted molar refractivity (Wildman–Crippen MR) is 112 cm³/mol. The van der Waals surface area contributed by atoms with Crippen molar-refractivity contribution in [3.63, 3.8) is 0 Å². The molecule has 3 rings (SSSR count). The van der Waals surface area contributed by atoms with Crippen molar-refractivity contribution in [3.8, 4) is 16.9 Å². The zero-order chi connectivity index (χ0) is 20.1. The highest BCUT2D eigenvalue weighted by Crippen LogP contribution is 2.38. The fourth-order valence-corrected chi connectivity index (χ4v) is 3.08. The summed E-state index contributed by atoms with van der Waals surface area (Å²) in [5.41, 5.74) is 3.11. The molecular weight excluding hydrogens is 378 g/mol. The molecule has 0 radical (unpaired) electrons. The van der Waals surface area contributed by atoms with E-state index in [0.717, 1.165) is 16.5 Å². The van der Waals surface area contributed by atoms with Gasteiger partial charge in [0.2, 0.25) is 5.95 Å². The first-order chi connectivity index (χ1) is 13.6. The van der Waals surface area contributed by atoms with E-state index in [-0.39, 0.29) is 0 Å². The van der Waals surface area contributed by atoms with E-state index in [1.165, 1.54) is 6.08 Å². The van der Waals surface area contributed by atoms with Crippen LogP contribution in [0.2, 0.25) is 5.02 Å². The van der Waals surface area contributed by atoms with Crippen molar-refractivity contribution in [1.29, 1.82) is 0 Å². The molecule has 0 atom stereocenters. The van der Waals surface area contributed by atoms with Crippen molar-refractivity contribution in [3.05, 3.63) is 53.2 Å². The summed E-state index contributed by atoms with van der Waals surface area (Å²) in [5, 5.41) is 4.37. The van der Waals surface area contributed by atoms with E-state index in [2.05, 4.69) is 15.3 Å². The van der Waals surface area contributed by atoms with Crippen LogP contribution in [0.4, 0.5) is 5.95 Å². The summed E-state index contributed by atoms with van der Waals surface area (Å²) in [6, 6.07) is 9.44. The fraction of sp³-hybridized carbons (Fsp3) is 0.190. The summed E-state index contributed by atoms with van der Waals surface area (Å²) in [4.78, 5) is 20.7. The molecule has 1 aromatic heterocycles. The number of rotatable bonds is 6. The maximum absolute atomic E-state index is 11.8. The van der Waals surface area contributed by atoms with Gasteiger partial charge in [0.15, 0.2) is 5.75 Å². The number of hydrogen-bond acceptors (Lipinski definition) is 6. The Morgan fingerprint density at radius 1 is 1.32 bits per heavy atom. The number of ether oxygens (including phenoxy) is 2. The van der Waals surface area contributed by atoms with Crippen LogP contribution in [0.15, 0.2) is 42.6 Å². The van der Waals surface area contributed by atoms with Gasteiger partial charge in [-0.3, -0.25) is 0 Å². The quantitative estimate of drug-likeness (QED) is 0.485. The number of nitrogens with zero attached hydrogens (tertiary/aromatic N) is 2. The third-order valence-electron chi connectivity index (χ3n) is 4.10. The largest absolute Gasteiger partial charge is 0.494 e. The number of esters is 1. The SMILES string of the molecule is CCOC(=O)/C=C/c1cc(-c2cccc(Cl)c2)c2cnc(NC)nc2c1OC. The van der Waals surface area contributed by atoms with E-state index in [4.69, 9.17) is 21.1 Å². The average molecular weight is 398 g/mol. The Morgan fingerprint density at radius 2 is 2.14 bits per heavy atom. The predicted octanol–water partition coefficient (Wildman–Crippen LogP) is 4.58. The molecule has 0 amide bonds. The average Bonchev–Trinajstić information content (AvgIpc) is 2.71. The molecule has 3 aromatic rings. The molecule has 0 spiro atoms. The smallest absolute Gasteiger partial charge is 0.330 e. The van der Waals surface area contributed by atoms with Crippen LogP contribution in [0.25, 0.3) is 28.1 Å². The molecule has 0 fully saturated rings. The first kappa shape index (κ1) is 19.6. The highest BCUT2D eigenvalue weighted by Gasteiger charge is 2.16. The molecular formula is C21H20ClN3O3. The molecule has 0 aliphatic carbocycles. The van der Waals surface area contributed by atoms with Crippen LogP contribution in [-0.4, -0.2) is 36.7 Å². The minimum absolute atomic E-state index is 0.310. The summed E-state index contributed by atoms with van der Waals surface area (Å²) >= 11 is 6.19. The van der Waals surface area contributed by atoms with Crippen LogP contribution in [0, 0.1) is 0 Å². The normalized spacial score (nSPS) is 11.0. The van der Waals surface area contributed by atoms with E-state index in [1.54, 1.807) is 33.4 Å². The summed E-state index contributed by atoms with van der Waals surface area (Å²) in [6.07, 6.45) is 4.77. The van der Waals surface area contributed by atoms with Gasteiger partial charge >= 0.3 is 5.97 Å². The van der Waals surface area contributed by atoms with Gasteiger partial charge in [-0.1, -0.05) is 23.7 Å². The molecule has 0 unspecified atom stereocenters. The van der Waals surface area contributed by atoms with Gasteiger partial charge in [-0.15, -0.1) is 0 Å². The third-order valence-corrected chi connectivity index (χ3v) is 4.34. The number of hydrogen-bond donors (Lipinski definition) is 1. The van der Waals surface area contributed by atoms with Crippen LogP contribution in [0.1, 0.15) is 12.5 Å². The maximum Gasteiger partial charge on any atom is 0.330 e. The van der Waals surface area contributed by atoms with Crippen LogP contribution in [0.5, 0.6) is 5.75 Å². The number of carbonyl (C=O) groups excluding carboxylic acids is 1. The van der Waals surface area contributed by atoms with Gasteiger partial charge in [0.05, 0.1) is 13.7 Å². The lowest BCUT2D eigenvalue weighted by Gasteiger charge is -2.14. The number of nitrogens with one attached hydrogen (secondary N) is 1. The Balaban J connectivity index is 2.28. The lowest BCUT2D eigenvalue weighted by molar-refractivity contribution is -0.137. The number of carbonyl (C=O) groups is 1. The number of fused-ring (bicyclic) bond motifs is 1. The minimum Gasteiger partial charge on any atom is -0.494 e. The number of aromatic nitrogens is 2. The Labute approximate surface area is 168 Å². The third kappa shape index (κ3) is 4.07.